The minimum absolute atomic E-state index is 0.340. The Morgan fingerprint density at radius 2 is 1.59 bits per heavy atom. The number of benzene rings is 2. The van der Waals surface area contributed by atoms with Crippen molar-refractivity contribution in [3.63, 3.8) is 0 Å². The number of aryl methyl sites for hydroxylation is 3. The van der Waals surface area contributed by atoms with Crippen LogP contribution in [0.1, 0.15) is 23.1 Å². The lowest BCUT2D eigenvalue weighted by Crippen LogP contribution is -1.92. The monoisotopic (exact) mass is 226 g/mol. The van der Waals surface area contributed by atoms with E-state index in [1.807, 2.05) is 12.1 Å². The minimum atomic E-state index is 0.340. The summed E-state index contributed by atoms with van der Waals surface area (Å²) in [5.74, 6) is 0.340. The van der Waals surface area contributed by atoms with Crippen molar-refractivity contribution in [3.05, 3.63) is 65.2 Å². The summed E-state index contributed by atoms with van der Waals surface area (Å²) in [6.45, 7) is 2.16. The molecule has 0 atom stereocenters. The second kappa shape index (κ2) is 5.53. The Labute approximate surface area is 103 Å². The van der Waals surface area contributed by atoms with Crippen molar-refractivity contribution in [1.29, 1.82) is 0 Å². The van der Waals surface area contributed by atoms with Gasteiger partial charge in [-0.25, -0.2) is 0 Å². The standard InChI is InChI=1S/C16H18O/c1-13-5-2-3-7-15(13)8-4-6-14-9-11-16(17)12-10-14/h2-3,5,7,9-12,17H,4,6,8H2,1H3. The third-order valence-corrected chi connectivity index (χ3v) is 3.11. The van der Waals surface area contributed by atoms with E-state index in [1.165, 1.54) is 16.7 Å². The maximum absolute atomic E-state index is 9.20. The average molecular weight is 226 g/mol. The molecule has 0 spiro atoms. The molecule has 1 nitrogen and oxygen atoms in total. The van der Waals surface area contributed by atoms with Crippen LogP contribution in [-0.4, -0.2) is 5.11 Å². The smallest absolute Gasteiger partial charge is 0.115 e. The number of phenolic OH excluding ortho intramolecular Hbond substituents is 1. The molecule has 0 amide bonds. The summed E-state index contributed by atoms with van der Waals surface area (Å²) in [6.07, 6.45) is 3.33. The summed E-state index contributed by atoms with van der Waals surface area (Å²) in [5, 5.41) is 9.20. The zero-order valence-corrected chi connectivity index (χ0v) is 10.2. The predicted octanol–water partition coefficient (Wildman–Crippen LogP) is 3.88. The molecule has 0 saturated carbocycles. The van der Waals surface area contributed by atoms with E-state index in [1.54, 1.807) is 12.1 Å². The van der Waals surface area contributed by atoms with Crippen LogP contribution in [0, 0.1) is 6.92 Å². The zero-order valence-electron chi connectivity index (χ0n) is 10.2. The van der Waals surface area contributed by atoms with Crippen LogP contribution in [0.4, 0.5) is 0 Å². The van der Waals surface area contributed by atoms with Gasteiger partial charge in [-0.1, -0.05) is 36.4 Å². The molecule has 0 radical (unpaired) electrons. The summed E-state index contributed by atoms with van der Waals surface area (Å²) in [6, 6.07) is 16.0. The lowest BCUT2D eigenvalue weighted by molar-refractivity contribution is 0.475. The molecule has 0 aliphatic rings. The van der Waals surface area contributed by atoms with Gasteiger partial charge in [0.05, 0.1) is 0 Å². The number of hydrogen-bond donors (Lipinski definition) is 1. The van der Waals surface area contributed by atoms with Crippen molar-refractivity contribution >= 4 is 0 Å². The van der Waals surface area contributed by atoms with E-state index in [-0.39, 0.29) is 0 Å². The second-order valence-corrected chi connectivity index (χ2v) is 4.45. The summed E-state index contributed by atoms with van der Waals surface area (Å²) in [7, 11) is 0. The van der Waals surface area contributed by atoms with Crippen LogP contribution >= 0.6 is 0 Å². The highest BCUT2D eigenvalue weighted by Gasteiger charge is 1.98. The molecule has 0 aliphatic heterocycles. The Kier molecular flexibility index (Phi) is 3.81. The molecule has 0 bridgehead atoms. The summed E-state index contributed by atoms with van der Waals surface area (Å²) >= 11 is 0. The highest BCUT2D eigenvalue weighted by molar-refractivity contribution is 5.27. The Bertz CT molecular complexity index is 471. The molecular weight excluding hydrogens is 208 g/mol. The number of phenols is 1. The molecule has 0 aliphatic carbocycles. The van der Waals surface area contributed by atoms with E-state index in [0.29, 0.717) is 5.75 Å². The van der Waals surface area contributed by atoms with E-state index in [0.717, 1.165) is 19.3 Å². The van der Waals surface area contributed by atoms with Gasteiger partial charge < -0.3 is 5.11 Å². The van der Waals surface area contributed by atoms with Gasteiger partial charge in [0.15, 0.2) is 0 Å². The Morgan fingerprint density at radius 3 is 2.29 bits per heavy atom. The van der Waals surface area contributed by atoms with Crippen LogP contribution in [0.15, 0.2) is 48.5 Å². The molecule has 0 unspecified atom stereocenters. The van der Waals surface area contributed by atoms with Crippen LogP contribution in [0.3, 0.4) is 0 Å². The van der Waals surface area contributed by atoms with Crippen molar-refractivity contribution < 1.29 is 5.11 Å². The Hall–Kier alpha value is -1.76. The summed E-state index contributed by atoms with van der Waals surface area (Å²) in [5.41, 5.74) is 4.10. The van der Waals surface area contributed by atoms with Crippen molar-refractivity contribution in [2.75, 3.05) is 0 Å². The van der Waals surface area contributed by atoms with E-state index in [9.17, 15) is 5.11 Å². The van der Waals surface area contributed by atoms with Crippen molar-refractivity contribution in [1.82, 2.24) is 0 Å². The number of aromatic hydroxyl groups is 1. The molecule has 0 fully saturated rings. The molecule has 2 aromatic rings. The van der Waals surface area contributed by atoms with Crippen LogP contribution in [0.5, 0.6) is 5.75 Å². The maximum atomic E-state index is 9.20. The summed E-state index contributed by atoms with van der Waals surface area (Å²) < 4.78 is 0. The second-order valence-electron chi connectivity index (χ2n) is 4.45. The fraction of sp³-hybridized carbons (Fsp3) is 0.250. The summed E-state index contributed by atoms with van der Waals surface area (Å²) in [4.78, 5) is 0. The fourth-order valence-corrected chi connectivity index (χ4v) is 2.04. The van der Waals surface area contributed by atoms with Gasteiger partial charge in [-0.2, -0.15) is 0 Å². The zero-order chi connectivity index (χ0) is 12.1. The van der Waals surface area contributed by atoms with E-state index in [4.69, 9.17) is 0 Å². The van der Waals surface area contributed by atoms with Crippen molar-refractivity contribution in [2.45, 2.75) is 26.2 Å². The third-order valence-electron chi connectivity index (χ3n) is 3.11. The van der Waals surface area contributed by atoms with Crippen molar-refractivity contribution in [2.24, 2.45) is 0 Å². The highest BCUT2D eigenvalue weighted by Crippen LogP contribution is 2.14. The first-order chi connectivity index (χ1) is 8.25. The van der Waals surface area contributed by atoms with Gasteiger partial charge in [-0.15, -0.1) is 0 Å². The van der Waals surface area contributed by atoms with Gasteiger partial charge in [0, 0.05) is 0 Å². The molecule has 2 rings (SSSR count). The SMILES string of the molecule is Cc1ccccc1CCCc1ccc(O)cc1. The minimum Gasteiger partial charge on any atom is -0.508 e. The molecule has 88 valence electrons. The molecule has 17 heavy (non-hydrogen) atoms. The quantitative estimate of drug-likeness (QED) is 0.839. The molecule has 1 N–H and O–H groups in total. The van der Waals surface area contributed by atoms with Gasteiger partial charge >= 0.3 is 0 Å². The van der Waals surface area contributed by atoms with E-state index in [2.05, 4.69) is 31.2 Å². The van der Waals surface area contributed by atoms with E-state index < -0.39 is 0 Å². The van der Waals surface area contributed by atoms with Crippen LogP contribution in [0.2, 0.25) is 0 Å². The largest absolute Gasteiger partial charge is 0.508 e. The van der Waals surface area contributed by atoms with E-state index >= 15 is 0 Å². The molecule has 0 heterocycles. The topological polar surface area (TPSA) is 20.2 Å². The van der Waals surface area contributed by atoms with Crippen LogP contribution in [0.25, 0.3) is 0 Å². The van der Waals surface area contributed by atoms with Gasteiger partial charge in [0.25, 0.3) is 0 Å². The lowest BCUT2D eigenvalue weighted by Gasteiger charge is -2.05. The Morgan fingerprint density at radius 1 is 0.882 bits per heavy atom. The average Bonchev–Trinajstić information content (AvgIpc) is 2.34. The first-order valence-corrected chi connectivity index (χ1v) is 6.08. The van der Waals surface area contributed by atoms with Crippen molar-refractivity contribution in [3.8, 4) is 5.75 Å². The molecule has 2 aromatic carbocycles. The normalized spacial score (nSPS) is 10.4. The maximum Gasteiger partial charge on any atom is 0.115 e. The first-order valence-electron chi connectivity index (χ1n) is 6.08. The molecule has 0 aromatic heterocycles. The van der Waals surface area contributed by atoms with Crippen LogP contribution in [-0.2, 0) is 12.8 Å². The molecule has 0 saturated heterocycles. The van der Waals surface area contributed by atoms with Gasteiger partial charge in [-0.3, -0.25) is 0 Å². The number of rotatable bonds is 4. The molecular formula is C16H18O. The Balaban J connectivity index is 1.88. The fourth-order valence-electron chi connectivity index (χ4n) is 2.04. The number of hydrogen-bond acceptors (Lipinski definition) is 1. The highest BCUT2D eigenvalue weighted by atomic mass is 16.3. The lowest BCUT2D eigenvalue weighted by atomic mass is 10.0. The van der Waals surface area contributed by atoms with Gasteiger partial charge in [0.2, 0.25) is 0 Å². The molecule has 1 heteroatoms. The van der Waals surface area contributed by atoms with Gasteiger partial charge in [-0.05, 0) is 55.0 Å². The van der Waals surface area contributed by atoms with Crippen LogP contribution < -0.4 is 0 Å². The predicted molar refractivity (Wildman–Crippen MR) is 71.3 cm³/mol. The third kappa shape index (κ3) is 3.35. The van der Waals surface area contributed by atoms with Gasteiger partial charge in [0.1, 0.15) is 5.75 Å². The first kappa shape index (κ1) is 11.7.